The highest BCUT2D eigenvalue weighted by Gasteiger charge is 2.21. The van der Waals surface area contributed by atoms with Crippen molar-refractivity contribution in [2.24, 2.45) is 0 Å². The first kappa shape index (κ1) is 23.2. The highest BCUT2D eigenvalue weighted by Crippen LogP contribution is 2.28. The molecule has 0 atom stereocenters. The highest BCUT2D eigenvalue weighted by atomic mass is 16.7. The summed E-state index contributed by atoms with van der Waals surface area (Å²) in [4.78, 5) is 57.8. The van der Waals surface area contributed by atoms with E-state index in [2.05, 4.69) is 14.9 Å². The Morgan fingerprint density at radius 2 is 1.71 bits per heavy atom. The largest absolute Gasteiger partial charge is 0.495 e. The molecule has 0 N–H and O–H groups in total. The zero-order valence-corrected chi connectivity index (χ0v) is 18.7. The minimum atomic E-state index is -1.05. The standard InChI is InChI=1S/C22H25N5O7/c1-32-18-6-3-2-5-17(18)25-13-11-24(12-14-25)9-4-10-26-22(31)27-21(30)16(23-26)15-33-19(28)7-8-20(29)34-27/h2-3,5-8H,4,9-15H2,1H3/b8-7+. The van der Waals surface area contributed by atoms with E-state index in [1.54, 1.807) is 7.11 Å². The van der Waals surface area contributed by atoms with Gasteiger partial charge >= 0.3 is 23.2 Å². The fraction of sp³-hybridized carbons (Fsp3) is 0.409. The molecule has 0 amide bonds. The molecule has 0 aliphatic carbocycles. The molecule has 2 aromatic rings. The van der Waals surface area contributed by atoms with Crippen LogP contribution in [-0.2, 0) is 27.5 Å². The number of hydrogen-bond acceptors (Lipinski definition) is 10. The summed E-state index contributed by atoms with van der Waals surface area (Å²) in [6.07, 6.45) is 2.22. The monoisotopic (exact) mass is 471 g/mol. The second-order valence-corrected chi connectivity index (χ2v) is 7.76. The molecular weight excluding hydrogens is 446 g/mol. The molecule has 1 aromatic carbocycles. The molecule has 180 valence electrons. The van der Waals surface area contributed by atoms with Gasteiger partial charge in [-0.3, -0.25) is 9.69 Å². The van der Waals surface area contributed by atoms with Gasteiger partial charge < -0.3 is 19.2 Å². The predicted octanol–water partition coefficient (Wildman–Crippen LogP) is -0.806. The summed E-state index contributed by atoms with van der Waals surface area (Å²) in [6, 6.07) is 7.91. The smallest absolute Gasteiger partial charge is 0.381 e. The van der Waals surface area contributed by atoms with E-state index in [1.807, 2.05) is 24.3 Å². The van der Waals surface area contributed by atoms with E-state index in [0.717, 1.165) is 54.4 Å². The molecule has 0 spiro atoms. The minimum Gasteiger partial charge on any atom is -0.495 e. The number of piperazine rings is 1. The molecule has 34 heavy (non-hydrogen) atoms. The van der Waals surface area contributed by atoms with Crippen LogP contribution in [0.2, 0.25) is 0 Å². The van der Waals surface area contributed by atoms with E-state index in [0.29, 0.717) is 17.7 Å². The van der Waals surface area contributed by atoms with Crippen molar-refractivity contribution in [3.8, 4) is 5.75 Å². The molecule has 1 fully saturated rings. The molecule has 2 aliphatic rings. The quantitative estimate of drug-likeness (QED) is 0.494. The molecule has 12 heteroatoms. The van der Waals surface area contributed by atoms with Gasteiger partial charge in [-0.15, -0.1) is 0 Å². The maximum atomic E-state index is 12.6. The number of esters is 1. The number of rotatable bonds is 6. The van der Waals surface area contributed by atoms with Crippen molar-refractivity contribution in [2.45, 2.75) is 19.6 Å². The van der Waals surface area contributed by atoms with Crippen molar-refractivity contribution in [1.82, 2.24) is 19.4 Å². The number of aryl methyl sites for hydroxylation is 1. The lowest BCUT2D eigenvalue weighted by Crippen LogP contribution is -2.49. The molecule has 3 heterocycles. The molecule has 2 bridgehead atoms. The number of fused-ring (bicyclic) bond motifs is 2. The van der Waals surface area contributed by atoms with Gasteiger partial charge in [0.25, 0.3) is 0 Å². The first-order chi connectivity index (χ1) is 16.5. The number of hydrogen-bond donors (Lipinski definition) is 0. The Morgan fingerprint density at radius 3 is 2.47 bits per heavy atom. The fourth-order valence-corrected chi connectivity index (χ4v) is 3.85. The Labute approximate surface area is 194 Å². The third kappa shape index (κ3) is 5.17. The number of carbonyl (C=O) groups excluding carboxylic acids is 2. The first-order valence-corrected chi connectivity index (χ1v) is 10.9. The average Bonchev–Trinajstić information content (AvgIpc) is 2.85. The maximum absolute atomic E-state index is 12.6. The molecule has 4 rings (SSSR count). The topological polar surface area (TPSA) is 125 Å². The maximum Gasteiger partial charge on any atom is 0.381 e. The summed E-state index contributed by atoms with van der Waals surface area (Å²) in [6.45, 7) is 3.81. The number of nitrogens with zero attached hydrogens (tertiary/aromatic N) is 5. The average molecular weight is 471 g/mol. The van der Waals surface area contributed by atoms with E-state index in [1.165, 1.54) is 0 Å². The van der Waals surface area contributed by atoms with Gasteiger partial charge in [0, 0.05) is 51.4 Å². The third-order valence-electron chi connectivity index (χ3n) is 5.60. The predicted molar refractivity (Wildman–Crippen MR) is 120 cm³/mol. The molecule has 2 aliphatic heterocycles. The van der Waals surface area contributed by atoms with Gasteiger partial charge in [-0.05, 0) is 18.6 Å². The molecule has 12 nitrogen and oxygen atoms in total. The number of ether oxygens (including phenoxy) is 2. The number of methoxy groups -OCH3 is 1. The normalized spacial score (nSPS) is 17.6. The Balaban J connectivity index is 1.38. The zero-order valence-electron chi connectivity index (χ0n) is 18.7. The summed E-state index contributed by atoms with van der Waals surface area (Å²) in [7, 11) is 1.66. The van der Waals surface area contributed by atoms with Crippen LogP contribution in [0.1, 0.15) is 12.1 Å². The molecule has 1 aromatic heterocycles. The van der Waals surface area contributed by atoms with Crippen LogP contribution in [0.4, 0.5) is 5.69 Å². The Hall–Kier alpha value is -3.93. The Morgan fingerprint density at radius 1 is 0.971 bits per heavy atom. The van der Waals surface area contributed by atoms with Crippen LogP contribution in [0.15, 0.2) is 46.0 Å². The summed E-state index contributed by atoms with van der Waals surface area (Å²) in [5.41, 5.74) is -0.955. The van der Waals surface area contributed by atoms with Gasteiger partial charge in [0.1, 0.15) is 12.4 Å². The van der Waals surface area contributed by atoms with Crippen molar-refractivity contribution in [2.75, 3.05) is 44.7 Å². The first-order valence-electron chi connectivity index (χ1n) is 10.9. The van der Waals surface area contributed by atoms with Crippen LogP contribution in [0, 0.1) is 0 Å². The molecule has 0 radical (unpaired) electrons. The van der Waals surface area contributed by atoms with Crippen LogP contribution >= 0.6 is 0 Å². The summed E-state index contributed by atoms with van der Waals surface area (Å²) < 4.78 is 11.7. The van der Waals surface area contributed by atoms with E-state index in [4.69, 9.17) is 14.3 Å². The van der Waals surface area contributed by atoms with Crippen LogP contribution in [-0.4, -0.2) is 71.2 Å². The SMILES string of the molecule is COc1ccccc1N1CCN(CCCn2nc3c(=O)n(c2=O)OC(=O)/C=C/C(=O)OC3)CC1. The molecular formula is C22H25N5O7. The van der Waals surface area contributed by atoms with Crippen LogP contribution in [0.25, 0.3) is 0 Å². The van der Waals surface area contributed by atoms with Crippen molar-refractivity contribution < 1.29 is 23.9 Å². The van der Waals surface area contributed by atoms with Gasteiger partial charge in [-0.25, -0.2) is 19.1 Å². The van der Waals surface area contributed by atoms with E-state index in [9.17, 15) is 19.2 Å². The number of cyclic esters (lactones) is 1. The molecule has 0 saturated carbocycles. The fourth-order valence-electron chi connectivity index (χ4n) is 3.85. The van der Waals surface area contributed by atoms with Gasteiger partial charge in [-0.2, -0.15) is 5.10 Å². The van der Waals surface area contributed by atoms with Crippen LogP contribution in [0.5, 0.6) is 5.75 Å². The summed E-state index contributed by atoms with van der Waals surface area (Å²) in [5, 5.41) is 4.03. The zero-order chi connectivity index (χ0) is 24.1. The van der Waals surface area contributed by atoms with E-state index in [-0.39, 0.29) is 12.2 Å². The number of para-hydroxylation sites is 2. The van der Waals surface area contributed by atoms with Crippen molar-refractivity contribution in [3.05, 3.63) is 62.9 Å². The number of aromatic nitrogens is 3. The van der Waals surface area contributed by atoms with Crippen molar-refractivity contribution in [1.29, 1.82) is 0 Å². The number of carbonyl (C=O) groups is 2. The molecule has 0 unspecified atom stereocenters. The van der Waals surface area contributed by atoms with Gasteiger partial charge in [-0.1, -0.05) is 16.9 Å². The van der Waals surface area contributed by atoms with Gasteiger partial charge in [0.05, 0.1) is 12.8 Å². The third-order valence-corrected chi connectivity index (χ3v) is 5.60. The number of anilines is 1. The summed E-state index contributed by atoms with van der Waals surface area (Å²) >= 11 is 0. The van der Waals surface area contributed by atoms with Gasteiger partial charge in [0.2, 0.25) is 0 Å². The lowest BCUT2D eigenvalue weighted by molar-refractivity contribution is -0.143. The second-order valence-electron chi connectivity index (χ2n) is 7.76. The highest BCUT2D eigenvalue weighted by molar-refractivity contribution is 5.91. The Kier molecular flexibility index (Phi) is 7.07. The van der Waals surface area contributed by atoms with E-state index >= 15 is 0 Å². The minimum absolute atomic E-state index is 0.195. The van der Waals surface area contributed by atoms with E-state index < -0.39 is 29.8 Å². The lowest BCUT2D eigenvalue weighted by Gasteiger charge is -2.36. The lowest BCUT2D eigenvalue weighted by atomic mass is 10.2. The Bertz CT molecular complexity index is 1210. The summed E-state index contributed by atoms with van der Waals surface area (Å²) in [5.74, 6) is -1.03. The van der Waals surface area contributed by atoms with Crippen molar-refractivity contribution >= 4 is 17.6 Å². The van der Waals surface area contributed by atoms with Crippen LogP contribution < -0.4 is 25.7 Å². The van der Waals surface area contributed by atoms with Crippen LogP contribution in [0.3, 0.4) is 0 Å². The van der Waals surface area contributed by atoms with Gasteiger partial charge in [0.15, 0.2) is 5.69 Å². The second kappa shape index (κ2) is 10.3. The number of benzene rings is 1. The van der Waals surface area contributed by atoms with Crippen molar-refractivity contribution in [3.63, 3.8) is 0 Å². The molecule has 1 saturated heterocycles.